The Morgan fingerprint density at radius 1 is 1.62 bits per heavy atom. The first-order valence-electron chi connectivity index (χ1n) is 5.06. The molecule has 16 heavy (non-hydrogen) atoms. The van der Waals surface area contributed by atoms with Crippen molar-refractivity contribution in [3.63, 3.8) is 0 Å². The van der Waals surface area contributed by atoms with Crippen molar-refractivity contribution in [2.24, 2.45) is 0 Å². The Morgan fingerprint density at radius 2 is 2.31 bits per heavy atom. The topological polar surface area (TPSA) is 55.2 Å². The second-order valence-electron chi connectivity index (χ2n) is 3.50. The van der Waals surface area contributed by atoms with E-state index in [1.54, 1.807) is 25.1 Å². The Morgan fingerprint density at radius 3 is 2.81 bits per heavy atom. The minimum atomic E-state index is -0.388. The third-order valence-electron chi connectivity index (χ3n) is 2.36. The fourth-order valence-corrected chi connectivity index (χ4v) is 1.47. The molecule has 1 rings (SSSR count). The predicted octanol–water partition coefficient (Wildman–Crippen LogP) is 2.73. The van der Waals surface area contributed by atoms with Gasteiger partial charge in [-0.05, 0) is 19.4 Å². The van der Waals surface area contributed by atoms with Crippen LogP contribution in [0.15, 0.2) is 18.2 Å². The molecule has 0 saturated carbocycles. The zero-order valence-electron chi connectivity index (χ0n) is 9.36. The van der Waals surface area contributed by atoms with Crippen LogP contribution in [0.2, 0.25) is 0 Å². The van der Waals surface area contributed by atoms with Gasteiger partial charge in [-0.15, -0.1) is 6.42 Å². The van der Waals surface area contributed by atoms with E-state index in [2.05, 4.69) is 11.2 Å². The fraction of sp³-hybridized carbons (Fsp3) is 0.333. The highest BCUT2D eigenvalue weighted by Crippen LogP contribution is 2.28. The van der Waals surface area contributed by atoms with Crippen LogP contribution in [-0.2, 0) is 0 Å². The van der Waals surface area contributed by atoms with Crippen molar-refractivity contribution in [2.75, 3.05) is 5.32 Å². The van der Waals surface area contributed by atoms with Crippen molar-refractivity contribution < 1.29 is 4.92 Å². The van der Waals surface area contributed by atoms with Crippen LogP contribution >= 0.6 is 0 Å². The van der Waals surface area contributed by atoms with Crippen molar-refractivity contribution >= 4 is 11.4 Å². The predicted molar refractivity (Wildman–Crippen MR) is 64.4 cm³/mol. The molecule has 0 spiro atoms. The van der Waals surface area contributed by atoms with Gasteiger partial charge in [0.15, 0.2) is 0 Å². The zero-order chi connectivity index (χ0) is 12.1. The van der Waals surface area contributed by atoms with E-state index in [1.165, 1.54) is 0 Å². The lowest BCUT2D eigenvalue weighted by Crippen LogP contribution is -2.16. The molecule has 1 aromatic carbocycles. The third-order valence-corrected chi connectivity index (χ3v) is 2.36. The average molecular weight is 218 g/mol. The molecule has 0 aromatic heterocycles. The highest BCUT2D eigenvalue weighted by molar-refractivity contribution is 5.65. The van der Waals surface area contributed by atoms with Crippen LogP contribution in [0.25, 0.3) is 0 Å². The van der Waals surface area contributed by atoms with Crippen molar-refractivity contribution in [1.29, 1.82) is 0 Å². The summed E-state index contributed by atoms with van der Waals surface area (Å²) in [4.78, 5) is 10.5. The Labute approximate surface area is 94.8 Å². The molecule has 0 bridgehead atoms. The van der Waals surface area contributed by atoms with E-state index in [0.29, 0.717) is 11.3 Å². The standard InChI is InChI=1S/C12H14N2O2/c1-4-10(5-2)13-11-8-6-7-9(3)12(11)14(15)16/h1,6-8,10,13H,5H2,2-3H3. The molecule has 4 nitrogen and oxygen atoms in total. The van der Waals surface area contributed by atoms with Crippen LogP contribution in [0.1, 0.15) is 18.9 Å². The normalized spacial score (nSPS) is 11.6. The molecule has 0 radical (unpaired) electrons. The number of terminal acetylenes is 1. The molecule has 0 fully saturated rings. The number of nitrogens with one attached hydrogen (secondary N) is 1. The zero-order valence-corrected chi connectivity index (χ0v) is 9.36. The highest BCUT2D eigenvalue weighted by atomic mass is 16.6. The molecular formula is C12H14N2O2. The largest absolute Gasteiger partial charge is 0.366 e. The average Bonchev–Trinajstić information content (AvgIpc) is 2.25. The van der Waals surface area contributed by atoms with Gasteiger partial charge in [-0.2, -0.15) is 0 Å². The summed E-state index contributed by atoms with van der Waals surface area (Å²) >= 11 is 0. The second kappa shape index (κ2) is 5.17. The number of anilines is 1. The summed E-state index contributed by atoms with van der Waals surface area (Å²) in [5, 5.41) is 13.9. The first-order valence-corrected chi connectivity index (χ1v) is 5.06. The highest BCUT2D eigenvalue weighted by Gasteiger charge is 2.17. The number of nitro groups is 1. The van der Waals surface area contributed by atoms with Gasteiger partial charge in [-0.1, -0.05) is 25.0 Å². The third kappa shape index (κ3) is 2.51. The van der Waals surface area contributed by atoms with E-state index >= 15 is 0 Å². The number of para-hydroxylation sites is 1. The minimum absolute atomic E-state index is 0.0937. The number of hydrogen-bond acceptors (Lipinski definition) is 3. The van der Waals surface area contributed by atoms with Crippen LogP contribution in [-0.4, -0.2) is 11.0 Å². The van der Waals surface area contributed by atoms with Gasteiger partial charge in [0.05, 0.1) is 11.0 Å². The molecule has 0 aliphatic heterocycles. The van der Waals surface area contributed by atoms with Crippen LogP contribution in [0.3, 0.4) is 0 Å². The summed E-state index contributed by atoms with van der Waals surface area (Å²) in [6, 6.07) is 4.97. The molecular weight excluding hydrogens is 204 g/mol. The van der Waals surface area contributed by atoms with E-state index in [9.17, 15) is 10.1 Å². The van der Waals surface area contributed by atoms with Gasteiger partial charge < -0.3 is 5.32 Å². The number of hydrogen-bond donors (Lipinski definition) is 1. The lowest BCUT2D eigenvalue weighted by molar-refractivity contribution is -0.384. The monoisotopic (exact) mass is 218 g/mol. The van der Waals surface area contributed by atoms with E-state index in [4.69, 9.17) is 6.42 Å². The molecule has 1 N–H and O–H groups in total. The number of benzene rings is 1. The summed E-state index contributed by atoms with van der Waals surface area (Å²) < 4.78 is 0. The molecule has 1 unspecified atom stereocenters. The van der Waals surface area contributed by atoms with Gasteiger partial charge in [0.2, 0.25) is 0 Å². The van der Waals surface area contributed by atoms with Gasteiger partial charge in [0.1, 0.15) is 5.69 Å². The maximum atomic E-state index is 10.9. The molecule has 1 aromatic rings. The lowest BCUT2D eigenvalue weighted by atomic mass is 10.1. The lowest BCUT2D eigenvalue weighted by Gasteiger charge is -2.13. The van der Waals surface area contributed by atoms with E-state index in [0.717, 1.165) is 6.42 Å². The Hall–Kier alpha value is -2.02. The van der Waals surface area contributed by atoms with Crippen molar-refractivity contribution in [2.45, 2.75) is 26.3 Å². The summed E-state index contributed by atoms with van der Waals surface area (Å²) in [6.45, 7) is 3.64. The molecule has 4 heteroatoms. The van der Waals surface area contributed by atoms with Gasteiger partial charge in [-0.25, -0.2) is 0 Å². The summed E-state index contributed by atoms with van der Waals surface area (Å²) in [5.74, 6) is 2.55. The maximum Gasteiger partial charge on any atom is 0.295 e. The molecule has 0 aliphatic rings. The number of aryl methyl sites for hydroxylation is 1. The minimum Gasteiger partial charge on any atom is -0.366 e. The quantitative estimate of drug-likeness (QED) is 0.480. The maximum absolute atomic E-state index is 10.9. The van der Waals surface area contributed by atoms with Crippen molar-refractivity contribution in [1.82, 2.24) is 0 Å². The molecule has 0 saturated heterocycles. The van der Waals surface area contributed by atoms with Gasteiger partial charge in [0.25, 0.3) is 5.69 Å². The SMILES string of the molecule is C#CC(CC)Nc1cccc(C)c1[N+](=O)[O-]. The Balaban J connectivity index is 3.09. The van der Waals surface area contributed by atoms with E-state index < -0.39 is 0 Å². The molecule has 0 heterocycles. The van der Waals surface area contributed by atoms with E-state index in [-0.39, 0.29) is 16.7 Å². The second-order valence-corrected chi connectivity index (χ2v) is 3.50. The van der Waals surface area contributed by atoms with E-state index in [1.807, 2.05) is 6.92 Å². The summed E-state index contributed by atoms with van der Waals surface area (Å²) in [7, 11) is 0. The van der Waals surface area contributed by atoms with Crippen molar-refractivity contribution in [3.05, 3.63) is 33.9 Å². The Kier molecular flexibility index (Phi) is 3.90. The summed E-state index contributed by atoms with van der Waals surface area (Å²) in [5.41, 5.74) is 1.20. The van der Waals surface area contributed by atoms with Crippen LogP contribution in [0, 0.1) is 29.4 Å². The van der Waals surface area contributed by atoms with Crippen LogP contribution in [0.5, 0.6) is 0 Å². The number of nitrogens with zero attached hydrogens (tertiary/aromatic N) is 1. The number of rotatable bonds is 4. The van der Waals surface area contributed by atoms with Gasteiger partial charge >= 0.3 is 0 Å². The molecule has 84 valence electrons. The van der Waals surface area contributed by atoms with Gasteiger partial charge in [-0.3, -0.25) is 10.1 Å². The molecule has 1 atom stereocenters. The van der Waals surface area contributed by atoms with Gasteiger partial charge in [0, 0.05) is 5.56 Å². The molecule has 0 amide bonds. The van der Waals surface area contributed by atoms with Crippen molar-refractivity contribution in [3.8, 4) is 12.3 Å². The smallest absolute Gasteiger partial charge is 0.295 e. The fourth-order valence-electron chi connectivity index (χ4n) is 1.47. The first-order chi connectivity index (χ1) is 7.60. The first kappa shape index (κ1) is 12.1. The summed E-state index contributed by atoms with van der Waals surface area (Å²) in [6.07, 6.45) is 6.04. The van der Waals surface area contributed by atoms with Crippen LogP contribution < -0.4 is 5.32 Å². The molecule has 0 aliphatic carbocycles. The van der Waals surface area contributed by atoms with Crippen LogP contribution in [0.4, 0.5) is 11.4 Å². The number of nitro benzene ring substituents is 1. The Bertz CT molecular complexity index is 435.